The number of carbonyl (C=O) groups is 1. The van der Waals surface area contributed by atoms with Gasteiger partial charge in [-0.25, -0.2) is 13.4 Å². The summed E-state index contributed by atoms with van der Waals surface area (Å²) >= 11 is 1.40. The van der Waals surface area contributed by atoms with Gasteiger partial charge in [-0.05, 0) is 49.6 Å². The van der Waals surface area contributed by atoms with E-state index < -0.39 is 15.1 Å². The molecule has 8 heteroatoms. The Labute approximate surface area is 199 Å². The maximum absolute atomic E-state index is 13.3. The SMILES string of the molecule is CCN(C(=O)C(C)Sc1cc(-c2ccccc2)c2ccc(OC)cc2n1)C1CCS(=O)(=O)C1. The topological polar surface area (TPSA) is 76.6 Å². The quantitative estimate of drug-likeness (QED) is 0.462. The second-order valence-corrected chi connectivity index (χ2v) is 11.8. The van der Waals surface area contributed by atoms with Crippen LogP contribution in [0.1, 0.15) is 20.3 Å². The van der Waals surface area contributed by atoms with Crippen LogP contribution in [0.25, 0.3) is 22.0 Å². The van der Waals surface area contributed by atoms with Crippen molar-refractivity contribution in [2.75, 3.05) is 25.2 Å². The van der Waals surface area contributed by atoms with Crippen LogP contribution in [0, 0.1) is 0 Å². The first-order chi connectivity index (χ1) is 15.8. The summed E-state index contributed by atoms with van der Waals surface area (Å²) in [4.78, 5) is 19.8. The van der Waals surface area contributed by atoms with Gasteiger partial charge in [-0.2, -0.15) is 0 Å². The van der Waals surface area contributed by atoms with Gasteiger partial charge in [0, 0.05) is 24.0 Å². The number of pyridine rings is 1. The Hall–Kier alpha value is -2.58. The fraction of sp³-hybridized carbons (Fsp3) is 0.360. The van der Waals surface area contributed by atoms with Crippen molar-refractivity contribution in [2.24, 2.45) is 0 Å². The van der Waals surface area contributed by atoms with Gasteiger partial charge in [0.1, 0.15) is 5.75 Å². The fourth-order valence-electron chi connectivity index (χ4n) is 4.31. The van der Waals surface area contributed by atoms with Crippen LogP contribution >= 0.6 is 11.8 Å². The minimum absolute atomic E-state index is 0.0517. The van der Waals surface area contributed by atoms with Gasteiger partial charge in [-0.15, -0.1) is 0 Å². The zero-order valence-electron chi connectivity index (χ0n) is 19.0. The van der Waals surface area contributed by atoms with Crippen molar-refractivity contribution >= 4 is 38.4 Å². The van der Waals surface area contributed by atoms with E-state index >= 15 is 0 Å². The van der Waals surface area contributed by atoms with Crippen LogP contribution < -0.4 is 4.74 Å². The van der Waals surface area contributed by atoms with Gasteiger partial charge in [-0.1, -0.05) is 42.1 Å². The summed E-state index contributed by atoms with van der Waals surface area (Å²) in [6.45, 7) is 4.24. The Morgan fingerprint density at radius 3 is 2.61 bits per heavy atom. The largest absolute Gasteiger partial charge is 0.497 e. The van der Waals surface area contributed by atoms with Gasteiger partial charge in [0.25, 0.3) is 0 Å². The van der Waals surface area contributed by atoms with Crippen molar-refractivity contribution in [1.29, 1.82) is 0 Å². The molecule has 0 N–H and O–H groups in total. The number of hydrogen-bond donors (Lipinski definition) is 0. The number of fused-ring (bicyclic) bond motifs is 1. The summed E-state index contributed by atoms with van der Waals surface area (Å²) in [5.41, 5.74) is 2.91. The summed E-state index contributed by atoms with van der Waals surface area (Å²) in [6.07, 6.45) is 0.505. The molecule has 2 aromatic carbocycles. The lowest BCUT2D eigenvalue weighted by molar-refractivity contribution is -0.131. The number of methoxy groups -OCH3 is 1. The number of amides is 1. The van der Waals surface area contributed by atoms with Crippen molar-refractivity contribution in [3.63, 3.8) is 0 Å². The molecule has 1 saturated heterocycles. The minimum Gasteiger partial charge on any atom is -0.497 e. The van der Waals surface area contributed by atoms with Gasteiger partial charge < -0.3 is 9.64 Å². The number of benzene rings is 2. The van der Waals surface area contributed by atoms with E-state index in [0.717, 1.165) is 32.8 Å². The molecule has 1 amide bonds. The first-order valence-electron chi connectivity index (χ1n) is 11.0. The van der Waals surface area contributed by atoms with Crippen molar-refractivity contribution in [3.05, 3.63) is 54.6 Å². The van der Waals surface area contributed by atoms with Crippen molar-refractivity contribution in [3.8, 4) is 16.9 Å². The summed E-state index contributed by atoms with van der Waals surface area (Å²) in [5, 5.41) is 1.36. The van der Waals surface area contributed by atoms with Crippen LogP contribution in [0.2, 0.25) is 0 Å². The number of thioether (sulfide) groups is 1. The molecule has 0 radical (unpaired) electrons. The molecule has 0 spiro atoms. The van der Waals surface area contributed by atoms with Crippen LogP contribution in [-0.2, 0) is 14.6 Å². The lowest BCUT2D eigenvalue weighted by Gasteiger charge is -2.29. The third-order valence-electron chi connectivity index (χ3n) is 6.00. The first-order valence-corrected chi connectivity index (χ1v) is 13.7. The van der Waals surface area contributed by atoms with E-state index in [9.17, 15) is 13.2 Å². The monoisotopic (exact) mass is 484 g/mol. The highest BCUT2D eigenvalue weighted by molar-refractivity contribution is 8.00. The van der Waals surface area contributed by atoms with Gasteiger partial charge >= 0.3 is 0 Å². The Morgan fingerprint density at radius 1 is 1.21 bits per heavy atom. The van der Waals surface area contributed by atoms with Gasteiger partial charge in [0.05, 0.1) is 34.4 Å². The van der Waals surface area contributed by atoms with Crippen LogP contribution in [-0.4, -0.2) is 60.7 Å². The molecule has 1 aliphatic rings. The van der Waals surface area contributed by atoms with Crippen LogP contribution in [0.5, 0.6) is 5.75 Å². The highest BCUT2D eigenvalue weighted by Crippen LogP contribution is 2.35. The molecular weight excluding hydrogens is 456 g/mol. The Bertz CT molecular complexity index is 1260. The molecule has 0 bridgehead atoms. The molecule has 4 rings (SSSR count). The van der Waals surface area contributed by atoms with E-state index in [1.165, 1.54) is 11.8 Å². The van der Waals surface area contributed by atoms with Crippen molar-refractivity contribution < 1.29 is 17.9 Å². The fourth-order valence-corrected chi connectivity index (χ4v) is 6.97. The molecule has 1 fully saturated rings. The van der Waals surface area contributed by atoms with Gasteiger partial charge in [0.2, 0.25) is 5.91 Å². The standard InChI is InChI=1S/C25H28N2O4S2/c1-4-27(19-12-13-33(29,30)16-19)25(28)17(2)32-24-15-22(18-8-6-5-7-9-18)21-11-10-20(31-3)14-23(21)26-24/h5-11,14-15,17,19H,4,12-13,16H2,1-3H3. The summed E-state index contributed by atoms with van der Waals surface area (Å²) in [5.74, 6) is 0.867. The molecule has 2 atom stereocenters. The summed E-state index contributed by atoms with van der Waals surface area (Å²) < 4.78 is 29.3. The molecule has 6 nitrogen and oxygen atoms in total. The third-order valence-corrected chi connectivity index (χ3v) is 8.75. The Balaban J connectivity index is 1.65. The number of ether oxygens (including phenoxy) is 1. The second-order valence-electron chi connectivity index (χ2n) is 8.20. The molecule has 3 aromatic rings. The highest BCUT2D eigenvalue weighted by Gasteiger charge is 2.35. The zero-order chi connectivity index (χ0) is 23.6. The van der Waals surface area contributed by atoms with E-state index in [4.69, 9.17) is 9.72 Å². The average Bonchev–Trinajstić information content (AvgIpc) is 3.18. The number of sulfone groups is 1. The smallest absolute Gasteiger partial charge is 0.236 e. The van der Waals surface area contributed by atoms with Gasteiger partial charge in [0.15, 0.2) is 9.84 Å². The molecule has 0 aliphatic carbocycles. The normalized spacial score (nSPS) is 18.2. The Morgan fingerprint density at radius 2 is 1.97 bits per heavy atom. The van der Waals surface area contributed by atoms with E-state index in [1.54, 1.807) is 12.0 Å². The van der Waals surface area contributed by atoms with Gasteiger partial charge in [-0.3, -0.25) is 4.79 Å². The maximum Gasteiger partial charge on any atom is 0.236 e. The van der Waals surface area contributed by atoms with E-state index in [0.29, 0.717) is 13.0 Å². The number of aromatic nitrogens is 1. The third kappa shape index (κ3) is 5.17. The molecule has 1 aliphatic heterocycles. The average molecular weight is 485 g/mol. The van der Waals surface area contributed by atoms with Crippen molar-refractivity contribution in [2.45, 2.75) is 36.6 Å². The van der Waals surface area contributed by atoms with Crippen molar-refractivity contribution in [1.82, 2.24) is 9.88 Å². The summed E-state index contributed by atoms with van der Waals surface area (Å²) in [7, 11) is -1.43. The van der Waals surface area contributed by atoms with E-state index in [2.05, 4.69) is 12.1 Å². The molecule has 1 aromatic heterocycles. The van der Waals surface area contributed by atoms with Crippen LogP contribution in [0.4, 0.5) is 0 Å². The number of nitrogens with zero attached hydrogens (tertiary/aromatic N) is 2. The number of hydrogen-bond acceptors (Lipinski definition) is 6. The van der Waals surface area contributed by atoms with Crippen LogP contribution in [0.3, 0.4) is 0 Å². The minimum atomic E-state index is -3.06. The molecule has 174 valence electrons. The zero-order valence-corrected chi connectivity index (χ0v) is 20.7. The lowest BCUT2D eigenvalue weighted by Crippen LogP contribution is -2.44. The molecule has 2 unspecified atom stereocenters. The van der Waals surface area contributed by atoms with E-state index in [1.807, 2.05) is 56.3 Å². The van der Waals surface area contributed by atoms with E-state index in [-0.39, 0.29) is 23.5 Å². The molecule has 33 heavy (non-hydrogen) atoms. The molecule has 0 saturated carbocycles. The predicted molar refractivity (Wildman–Crippen MR) is 133 cm³/mol. The van der Waals surface area contributed by atoms with Crippen LogP contribution in [0.15, 0.2) is 59.6 Å². The lowest BCUT2D eigenvalue weighted by atomic mass is 10.0. The maximum atomic E-state index is 13.3. The highest BCUT2D eigenvalue weighted by atomic mass is 32.2. The number of rotatable bonds is 7. The summed E-state index contributed by atoms with van der Waals surface area (Å²) in [6, 6.07) is 17.7. The second kappa shape index (κ2) is 9.73. The molecular formula is C25H28N2O4S2. The first kappa shape index (κ1) is 23.6. The molecule has 2 heterocycles. The number of carbonyl (C=O) groups excluding carboxylic acids is 1. The predicted octanol–water partition coefficient (Wildman–Crippen LogP) is 4.43. The Kier molecular flexibility index (Phi) is 6.95.